The standard InChI is InChI=1S/C20H24N2O3S/c1-4-8-13-11-14(12-16(24-2)18(13)25-3)19(23)22-20-21-15-9-6-5-7-10-17(15)26-20/h4,8,11-12H,5-7,9-10H2,1-3H3,(H,21,22,23)/b8-4+. The zero-order chi connectivity index (χ0) is 18.5. The Morgan fingerprint density at radius 1 is 1.19 bits per heavy atom. The van der Waals surface area contributed by atoms with Crippen LogP contribution >= 0.6 is 11.3 Å². The molecule has 0 aliphatic heterocycles. The molecule has 1 N–H and O–H groups in total. The van der Waals surface area contributed by atoms with E-state index in [1.165, 1.54) is 24.1 Å². The number of hydrogen-bond donors (Lipinski definition) is 1. The minimum absolute atomic E-state index is 0.194. The van der Waals surface area contributed by atoms with Gasteiger partial charge in [-0.25, -0.2) is 4.98 Å². The van der Waals surface area contributed by atoms with Crippen molar-refractivity contribution in [3.05, 3.63) is 39.9 Å². The topological polar surface area (TPSA) is 60.5 Å². The number of benzene rings is 1. The predicted molar refractivity (Wildman–Crippen MR) is 106 cm³/mol. The molecule has 0 unspecified atom stereocenters. The SMILES string of the molecule is C/C=C/c1cc(C(=O)Nc2nc3c(s2)CCCCC3)cc(OC)c1OC. The quantitative estimate of drug-likeness (QED) is 0.772. The molecule has 138 valence electrons. The molecule has 0 fully saturated rings. The first-order valence-electron chi connectivity index (χ1n) is 8.85. The Hall–Kier alpha value is -2.34. The first-order valence-corrected chi connectivity index (χ1v) is 9.66. The fraction of sp³-hybridized carbons (Fsp3) is 0.400. The highest BCUT2D eigenvalue weighted by atomic mass is 32.1. The van der Waals surface area contributed by atoms with Gasteiger partial charge in [0.05, 0.1) is 19.9 Å². The molecule has 0 atom stereocenters. The number of amides is 1. The van der Waals surface area contributed by atoms with Crippen molar-refractivity contribution in [2.75, 3.05) is 19.5 Å². The van der Waals surface area contributed by atoms with Crippen LogP contribution in [0.2, 0.25) is 0 Å². The van der Waals surface area contributed by atoms with Gasteiger partial charge >= 0.3 is 0 Å². The van der Waals surface area contributed by atoms with E-state index in [2.05, 4.69) is 10.3 Å². The second-order valence-electron chi connectivity index (χ2n) is 6.20. The number of carbonyl (C=O) groups excluding carboxylic acids is 1. The molecule has 1 aliphatic carbocycles. The van der Waals surface area contributed by atoms with Crippen molar-refractivity contribution in [3.63, 3.8) is 0 Å². The van der Waals surface area contributed by atoms with Crippen molar-refractivity contribution in [1.29, 1.82) is 0 Å². The third-order valence-corrected chi connectivity index (χ3v) is 5.51. The van der Waals surface area contributed by atoms with Crippen molar-refractivity contribution < 1.29 is 14.3 Å². The Morgan fingerprint density at radius 2 is 2.00 bits per heavy atom. The van der Waals surface area contributed by atoms with Crippen LogP contribution in [0.4, 0.5) is 5.13 Å². The molecule has 6 heteroatoms. The van der Waals surface area contributed by atoms with E-state index in [1.807, 2.05) is 19.1 Å². The van der Waals surface area contributed by atoms with Crippen molar-refractivity contribution in [2.45, 2.75) is 39.0 Å². The Labute approximate surface area is 158 Å². The van der Waals surface area contributed by atoms with Crippen LogP contribution in [0, 0.1) is 0 Å². The zero-order valence-electron chi connectivity index (χ0n) is 15.4. The Balaban J connectivity index is 1.86. The molecule has 1 aromatic carbocycles. The first-order chi connectivity index (χ1) is 12.7. The van der Waals surface area contributed by atoms with Crippen LogP contribution in [-0.4, -0.2) is 25.1 Å². The van der Waals surface area contributed by atoms with Gasteiger partial charge in [-0.1, -0.05) is 18.6 Å². The molecule has 0 saturated heterocycles. The number of carbonyl (C=O) groups is 1. The summed E-state index contributed by atoms with van der Waals surface area (Å²) in [6.07, 6.45) is 9.48. The predicted octanol–water partition coefficient (Wildman–Crippen LogP) is 4.71. The molecule has 1 heterocycles. The van der Waals surface area contributed by atoms with Crippen LogP contribution < -0.4 is 14.8 Å². The molecule has 0 bridgehead atoms. The molecule has 1 aromatic heterocycles. The summed E-state index contributed by atoms with van der Waals surface area (Å²) in [5, 5.41) is 3.61. The Kier molecular flexibility index (Phi) is 5.93. The van der Waals surface area contributed by atoms with E-state index in [4.69, 9.17) is 9.47 Å². The summed E-state index contributed by atoms with van der Waals surface area (Å²) < 4.78 is 10.8. The lowest BCUT2D eigenvalue weighted by molar-refractivity contribution is 0.102. The number of aryl methyl sites for hydroxylation is 2. The molecule has 2 aromatic rings. The van der Waals surface area contributed by atoms with Crippen molar-refractivity contribution in [2.24, 2.45) is 0 Å². The van der Waals surface area contributed by atoms with Gasteiger partial charge in [0, 0.05) is 16.0 Å². The summed E-state index contributed by atoms with van der Waals surface area (Å²) in [6, 6.07) is 3.50. The van der Waals surface area contributed by atoms with Crippen LogP contribution in [0.1, 0.15) is 52.7 Å². The number of nitrogens with zero attached hydrogens (tertiary/aromatic N) is 1. The van der Waals surface area contributed by atoms with Gasteiger partial charge in [-0.15, -0.1) is 11.3 Å². The summed E-state index contributed by atoms with van der Waals surface area (Å²) in [5.41, 5.74) is 2.46. The highest BCUT2D eigenvalue weighted by molar-refractivity contribution is 7.15. The van der Waals surface area contributed by atoms with E-state index in [0.717, 1.165) is 24.1 Å². The Bertz CT molecular complexity index is 803. The van der Waals surface area contributed by atoms with Crippen molar-refractivity contribution in [3.8, 4) is 11.5 Å². The summed E-state index contributed by atoms with van der Waals surface area (Å²) in [6.45, 7) is 1.92. The average Bonchev–Trinajstić information content (AvgIpc) is 2.89. The third kappa shape index (κ3) is 3.90. The highest BCUT2D eigenvalue weighted by Gasteiger charge is 2.18. The van der Waals surface area contributed by atoms with Gasteiger partial charge in [0.1, 0.15) is 0 Å². The second kappa shape index (κ2) is 8.36. The number of methoxy groups -OCH3 is 2. The fourth-order valence-electron chi connectivity index (χ4n) is 3.18. The number of hydrogen-bond acceptors (Lipinski definition) is 5. The normalized spacial score (nSPS) is 14.0. The zero-order valence-corrected chi connectivity index (χ0v) is 16.2. The fourth-order valence-corrected chi connectivity index (χ4v) is 4.22. The van der Waals surface area contributed by atoms with Crippen molar-refractivity contribution in [1.82, 2.24) is 4.98 Å². The van der Waals surface area contributed by atoms with Crippen LogP contribution in [0.3, 0.4) is 0 Å². The molecule has 1 amide bonds. The monoisotopic (exact) mass is 372 g/mol. The number of allylic oxidation sites excluding steroid dienone is 1. The molecule has 3 rings (SSSR count). The lowest BCUT2D eigenvalue weighted by Crippen LogP contribution is -2.12. The summed E-state index contributed by atoms with van der Waals surface area (Å²) >= 11 is 1.59. The van der Waals surface area contributed by atoms with E-state index >= 15 is 0 Å². The van der Waals surface area contributed by atoms with E-state index in [-0.39, 0.29) is 5.91 Å². The molecular weight excluding hydrogens is 348 g/mol. The number of anilines is 1. The second-order valence-corrected chi connectivity index (χ2v) is 7.29. The maximum atomic E-state index is 12.8. The molecular formula is C20H24N2O3S. The highest BCUT2D eigenvalue weighted by Crippen LogP contribution is 2.34. The minimum atomic E-state index is -0.194. The molecule has 5 nitrogen and oxygen atoms in total. The smallest absolute Gasteiger partial charge is 0.257 e. The number of rotatable bonds is 5. The maximum absolute atomic E-state index is 12.8. The minimum Gasteiger partial charge on any atom is -0.493 e. The summed E-state index contributed by atoms with van der Waals surface area (Å²) in [5.74, 6) is 0.951. The van der Waals surface area contributed by atoms with Crippen molar-refractivity contribution >= 4 is 28.5 Å². The van der Waals surface area contributed by atoms with Gasteiger partial charge in [-0.2, -0.15) is 0 Å². The van der Waals surface area contributed by atoms with E-state index in [0.29, 0.717) is 22.2 Å². The maximum Gasteiger partial charge on any atom is 0.257 e. The molecule has 0 saturated carbocycles. The van der Waals surface area contributed by atoms with Gasteiger partial charge in [0.15, 0.2) is 16.6 Å². The van der Waals surface area contributed by atoms with E-state index < -0.39 is 0 Å². The summed E-state index contributed by atoms with van der Waals surface area (Å²) in [4.78, 5) is 18.7. The first kappa shape index (κ1) is 18.5. The van der Waals surface area contributed by atoms with Gasteiger partial charge in [0.2, 0.25) is 0 Å². The molecule has 0 radical (unpaired) electrons. The number of fused-ring (bicyclic) bond motifs is 1. The lowest BCUT2D eigenvalue weighted by Gasteiger charge is -2.13. The average molecular weight is 372 g/mol. The van der Waals surface area contributed by atoms with Gasteiger partial charge < -0.3 is 9.47 Å². The van der Waals surface area contributed by atoms with Crippen LogP contribution in [0.25, 0.3) is 6.08 Å². The number of aromatic nitrogens is 1. The number of ether oxygens (including phenoxy) is 2. The number of nitrogens with one attached hydrogen (secondary N) is 1. The molecule has 0 spiro atoms. The van der Waals surface area contributed by atoms with Gasteiger partial charge in [-0.05, 0) is 44.7 Å². The van der Waals surface area contributed by atoms with Crippen LogP contribution in [0.15, 0.2) is 18.2 Å². The summed E-state index contributed by atoms with van der Waals surface area (Å²) in [7, 11) is 3.16. The largest absolute Gasteiger partial charge is 0.493 e. The van der Waals surface area contributed by atoms with Crippen LogP contribution in [0.5, 0.6) is 11.5 Å². The van der Waals surface area contributed by atoms with E-state index in [1.54, 1.807) is 37.7 Å². The lowest BCUT2D eigenvalue weighted by atomic mass is 10.1. The molecule has 26 heavy (non-hydrogen) atoms. The van der Waals surface area contributed by atoms with Gasteiger partial charge in [-0.3, -0.25) is 10.1 Å². The Morgan fingerprint density at radius 3 is 2.73 bits per heavy atom. The van der Waals surface area contributed by atoms with Gasteiger partial charge in [0.25, 0.3) is 5.91 Å². The van der Waals surface area contributed by atoms with Crippen LogP contribution in [-0.2, 0) is 12.8 Å². The number of thiazole rings is 1. The molecule has 1 aliphatic rings. The van der Waals surface area contributed by atoms with E-state index in [9.17, 15) is 4.79 Å². The third-order valence-electron chi connectivity index (χ3n) is 4.43.